The number of methoxy groups -OCH3 is 2. The number of hydrogen-bond acceptors (Lipinski definition) is 5. The van der Waals surface area contributed by atoms with Gasteiger partial charge in [0.15, 0.2) is 0 Å². The third-order valence-corrected chi connectivity index (χ3v) is 3.70. The van der Waals surface area contributed by atoms with Crippen LogP contribution in [0, 0.1) is 13.7 Å². The van der Waals surface area contributed by atoms with Crippen LogP contribution in [0.3, 0.4) is 0 Å². The molecule has 0 fully saturated rings. The number of anilines is 2. The zero-order valence-corrected chi connectivity index (χ0v) is 13.6. The Kier molecular flexibility index (Phi) is 4.84. The Balaban J connectivity index is 2.30. The Hall–Kier alpha value is -2.03. The first-order valence-corrected chi connectivity index (χ1v) is 7.06. The van der Waals surface area contributed by atoms with E-state index in [1.165, 1.54) is 6.07 Å². The summed E-state index contributed by atoms with van der Waals surface area (Å²) in [5, 5.41) is 14.0. The highest BCUT2D eigenvalue weighted by atomic mass is 127. The molecule has 0 heterocycles. The van der Waals surface area contributed by atoms with Crippen LogP contribution in [0.25, 0.3) is 0 Å². The molecule has 0 aliphatic rings. The molecule has 0 amide bonds. The van der Waals surface area contributed by atoms with Crippen molar-refractivity contribution in [2.24, 2.45) is 0 Å². The number of nitrogens with one attached hydrogen (secondary N) is 1. The maximum absolute atomic E-state index is 10.8. The summed E-state index contributed by atoms with van der Waals surface area (Å²) in [6.45, 7) is 0. The second kappa shape index (κ2) is 6.61. The molecule has 0 saturated carbocycles. The second-order valence-electron chi connectivity index (χ2n) is 4.11. The van der Waals surface area contributed by atoms with Crippen LogP contribution < -0.4 is 14.8 Å². The molecular weight excluding hydrogens is 387 g/mol. The smallest absolute Gasteiger partial charge is 0.282 e. The van der Waals surface area contributed by atoms with E-state index in [1.54, 1.807) is 38.5 Å². The van der Waals surface area contributed by atoms with Crippen LogP contribution >= 0.6 is 22.6 Å². The average Bonchev–Trinajstić information content (AvgIpc) is 2.47. The Labute approximate surface area is 135 Å². The number of nitro groups is 1. The van der Waals surface area contributed by atoms with Crippen LogP contribution in [0.5, 0.6) is 11.5 Å². The van der Waals surface area contributed by atoms with Gasteiger partial charge >= 0.3 is 0 Å². The summed E-state index contributed by atoms with van der Waals surface area (Å²) in [4.78, 5) is 10.4. The van der Waals surface area contributed by atoms with Crippen LogP contribution in [0.2, 0.25) is 0 Å². The fourth-order valence-electron chi connectivity index (χ4n) is 1.79. The van der Waals surface area contributed by atoms with Gasteiger partial charge in [-0.15, -0.1) is 0 Å². The molecule has 7 heteroatoms. The van der Waals surface area contributed by atoms with E-state index >= 15 is 0 Å². The molecule has 2 aromatic carbocycles. The van der Waals surface area contributed by atoms with Crippen molar-refractivity contribution in [1.82, 2.24) is 0 Å². The van der Waals surface area contributed by atoms with Crippen LogP contribution in [-0.2, 0) is 0 Å². The Morgan fingerprint density at radius 1 is 1.14 bits per heavy atom. The van der Waals surface area contributed by atoms with Crippen molar-refractivity contribution in [3.05, 3.63) is 50.1 Å². The highest BCUT2D eigenvalue weighted by Gasteiger charge is 2.12. The van der Waals surface area contributed by atoms with E-state index in [0.29, 0.717) is 15.1 Å². The van der Waals surface area contributed by atoms with Gasteiger partial charge in [-0.05, 0) is 46.9 Å². The van der Waals surface area contributed by atoms with Crippen molar-refractivity contribution in [2.45, 2.75) is 0 Å². The predicted molar refractivity (Wildman–Crippen MR) is 88.6 cm³/mol. The minimum atomic E-state index is -0.403. The molecule has 1 N–H and O–H groups in total. The van der Waals surface area contributed by atoms with Gasteiger partial charge in [0, 0.05) is 17.8 Å². The van der Waals surface area contributed by atoms with Gasteiger partial charge in [-0.3, -0.25) is 10.1 Å². The minimum absolute atomic E-state index is 0.0860. The van der Waals surface area contributed by atoms with Gasteiger partial charge in [0.1, 0.15) is 11.5 Å². The number of hydrogen-bond donors (Lipinski definition) is 1. The van der Waals surface area contributed by atoms with Gasteiger partial charge in [-0.2, -0.15) is 0 Å². The number of rotatable bonds is 5. The zero-order valence-electron chi connectivity index (χ0n) is 11.4. The van der Waals surface area contributed by atoms with Gasteiger partial charge < -0.3 is 14.8 Å². The van der Waals surface area contributed by atoms with E-state index in [4.69, 9.17) is 9.47 Å². The van der Waals surface area contributed by atoms with Crippen LogP contribution in [0.15, 0.2) is 36.4 Å². The van der Waals surface area contributed by atoms with Gasteiger partial charge in [0.2, 0.25) is 0 Å². The third-order valence-electron chi connectivity index (χ3n) is 2.83. The van der Waals surface area contributed by atoms with E-state index in [1.807, 2.05) is 28.7 Å². The molecule has 2 rings (SSSR count). The lowest BCUT2D eigenvalue weighted by Gasteiger charge is -2.12. The van der Waals surface area contributed by atoms with E-state index in [0.717, 1.165) is 11.4 Å². The highest BCUT2D eigenvalue weighted by Crippen LogP contribution is 2.33. The fourth-order valence-corrected chi connectivity index (χ4v) is 2.50. The van der Waals surface area contributed by atoms with Crippen LogP contribution in [0.4, 0.5) is 17.1 Å². The highest BCUT2D eigenvalue weighted by molar-refractivity contribution is 14.1. The summed E-state index contributed by atoms with van der Waals surface area (Å²) in [6.07, 6.45) is 0. The summed E-state index contributed by atoms with van der Waals surface area (Å²) in [7, 11) is 3.15. The maximum Gasteiger partial charge on any atom is 0.282 e. The predicted octanol–water partition coefficient (Wildman–Crippen LogP) is 3.96. The molecule has 0 aliphatic carbocycles. The SMILES string of the molecule is COc1ccc(Nc2ccc([N+](=O)[O-])c(I)c2)c(OC)c1. The quantitative estimate of drug-likeness (QED) is 0.467. The van der Waals surface area contributed by atoms with Crippen LogP contribution in [0.1, 0.15) is 0 Å². The summed E-state index contributed by atoms with van der Waals surface area (Å²) in [6, 6.07) is 10.2. The van der Waals surface area contributed by atoms with Gasteiger partial charge in [0.05, 0.1) is 28.4 Å². The molecule has 0 atom stereocenters. The van der Waals surface area contributed by atoms with Crippen molar-refractivity contribution in [3.8, 4) is 11.5 Å². The Bertz CT molecular complexity index is 676. The lowest BCUT2D eigenvalue weighted by atomic mass is 10.2. The monoisotopic (exact) mass is 400 g/mol. The molecule has 0 aromatic heterocycles. The van der Waals surface area contributed by atoms with E-state index in [2.05, 4.69) is 5.32 Å². The minimum Gasteiger partial charge on any atom is -0.497 e. The first-order valence-electron chi connectivity index (χ1n) is 5.98. The van der Waals surface area contributed by atoms with E-state index in [9.17, 15) is 10.1 Å². The number of nitrogens with zero attached hydrogens (tertiary/aromatic N) is 1. The van der Waals surface area contributed by atoms with E-state index < -0.39 is 4.92 Å². The first kappa shape index (κ1) is 15.4. The second-order valence-corrected chi connectivity index (χ2v) is 5.28. The number of nitro benzene ring substituents is 1. The van der Waals surface area contributed by atoms with Gasteiger partial charge in [0.25, 0.3) is 5.69 Å². The van der Waals surface area contributed by atoms with Crippen molar-refractivity contribution < 1.29 is 14.4 Å². The molecule has 0 saturated heterocycles. The molecule has 0 spiro atoms. The summed E-state index contributed by atoms with van der Waals surface area (Å²) in [5.41, 5.74) is 1.58. The van der Waals surface area contributed by atoms with Crippen LogP contribution in [-0.4, -0.2) is 19.1 Å². The van der Waals surface area contributed by atoms with Crippen molar-refractivity contribution >= 4 is 39.7 Å². The molecule has 0 aliphatic heterocycles. The third kappa shape index (κ3) is 3.54. The zero-order chi connectivity index (χ0) is 15.4. The molecule has 0 unspecified atom stereocenters. The Morgan fingerprint density at radius 2 is 1.90 bits per heavy atom. The lowest BCUT2D eigenvalue weighted by molar-refractivity contribution is -0.385. The molecular formula is C14H13IN2O4. The van der Waals surface area contributed by atoms with Crippen molar-refractivity contribution in [2.75, 3.05) is 19.5 Å². The summed E-state index contributed by atoms with van der Waals surface area (Å²) >= 11 is 1.94. The molecule has 0 bridgehead atoms. The van der Waals surface area contributed by atoms with E-state index in [-0.39, 0.29) is 5.69 Å². The van der Waals surface area contributed by atoms with Crippen molar-refractivity contribution in [3.63, 3.8) is 0 Å². The molecule has 21 heavy (non-hydrogen) atoms. The first-order chi connectivity index (χ1) is 10.0. The summed E-state index contributed by atoms with van der Waals surface area (Å²) < 4.78 is 11.0. The lowest BCUT2D eigenvalue weighted by Crippen LogP contribution is -1.97. The number of benzene rings is 2. The largest absolute Gasteiger partial charge is 0.497 e. The maximum atomic E-state index is 10.8. The van der Waals surface area contributed by atoms with Crippen molar-refractivity contribution in [1.29, 1.82) is 0 Å². The normalized spacial score (nSPS) is 10.0. The van der Waals surface area contributed by atoms with Gasteiger partial charge in [-0.1, -0.05) is 0 Å². The molecule has 6 nitrogen and oxygen atoms in total. The molecule has 2 aromatic rings. The number of ether oxygens (including phenoxy) is 2. The topological polar surface area (TPSA) is 73.6 Å². The van der Waals surface area contributed by atoms with Gasteiger partial charge in [-0.25, -0.2) is 0 Å². The average molecular weight is 400 g/mol. The fraction of sp³-hybridized carbons (Fsp3) is 0.143. The Morgan fingerprint density at radius 3 is 2.48 bits per heavy atom. The standard InChI is InChI=1S/C14H13IN2O4/c1-20-10-4-5-12(14(8-10)21-2)16-9-3-6-13(17(18)19)11(15)7-9/h3-8,16H,1-2H3. The molecule has 0 radical (unpaired) electrons. The molecule has 110 valence electrons. The summed E-state index contributed by atoms with van der Waals surface area (Å²) in [5.74, 6) is 1.32. The number of halogens is 1.